The van der Waals surface area contributed by atoms with E-state index in [1.165, 1.54) is 77.3 Å². The molecule has 0 aliphatic heterocycles. The first kappa shape index (κ1) is 37.6. The summed E-state index contributed by atoms with van der Waals surface area (Å²) < 4.78 is 11.8. The summed E-state index contributed by atoms with van der Waals surface area (Å²) >= 11 is 0. The van der Waals surface area contributed by atoms with Crippen molar-refractivity contribution in [3.8, 4) is 0 Å². The predicted octanol–water partition coefficient (Wildman–Crippen LogP) is 9.66. The van der Waals surface area contributed by atoms with Gasteiger partial charge in [-0.05, 0) is 95.7 Å². The van der Waals surface area contributed by atoms with Crippen LogP contribution >= 0.6 is 32.1 Å². The van der Waals surface area contributed by atoms with Crippen LogP contribution in [0.2, 0.25) is 0 Å². The Morgan fingerprint density at radius 1 is 0.512 bits per heavy atom. The third-order valence-corrected chi connectivity index (χ3v) is 12.1. The van der Waals surface area contributed by atoms with Gasteiger partial charge in [-0.2, -0.15) is 0 Å². The maximum absolute atomic E-state index is 5.91. The molecule has 3 aromatic rings. The number of halogens is 2. The quantitative estimate of drug-likeness (QED) is 0.0801. The van der Waals surface area contributed by atoms with Crippen LogP contribution in [0.1, 0.15) is 88.3 Å². The zero-order valence-electron chi connectivity index (χ0n) is 26.1. The van der Waals surface area contributed by atoms with Gasteiger partial charge in [0.15, 0.2) is 6.29 Å². The van der Waals surface area contributed by atoms with E-state index in [4.69, 9.17) is 9.47 Å². The minimum atomic E-state index is -1.74. The summed E-state index contributed by atoms with van der Waals surface area (Å²) in [6.07, 6.45) is 11.9. The lowest BCUT2D eigenvalue weighted by Gasteiger charge is -2.28. The molecular formula is C36H54Cl2O2P+. The Morgan fingerprint density at radius 3 is 1.22 bits per heavy atom. The van der Waals surface area contributed by atoms with Gasteiger partial charge in [-0.3, -0.25) is 0 Å². The van der Waals surface area contributed by atoms with E-state index in [9.17, 15) is 0 Å². The lowest BCUT2D eigenvalue weighted by molar-refractivity contribution is -0.146. The average Bonchev–Trinajstić information content (AvgIpc) is 2.95. The normalized spacial score (nSPS) is 11.3. The highest BCUT2D eigenvalue weighted by Crippen LogP contribution is 2.56. The highest BCUT2D eigenvalue weighted by molar-refractivity contribution is 7.95. The topological polar surface area (TPSA) is 18.5 Å². The zero-order chi connectivity index (χ0) is 27.9. The van der Waals surface area contributed by atoms with Crippen LogP contribution in [0.15, 0.2) is 72.8 Å². The highest BCUT2D eigenvalue weighted by Gasteiger charge is 2.44. The molecule has 3 rings (SSSR count). The van der Waals surface area contributed by atoms with E-state index in [1.54, 1.807) is 0 Å². The fourth-order valence-electron chi connectivity index (χ4n) is 5.31. The van der Waals surface area contributed by atoms with Crippen molar-refractivity contribution in [2.24, 2.45) is 0 Å². The van der Waals surface area contributed by atoms with Crippen LogP contribution in [0.3, 0.4) is 0 Å². The van der Waals surface area contributed by atoms with Gasteiger partial charge >= 0.3 is 0 Å². The van der Waals surface area contributed by atoms with E-state index in [2.05, 4.69) is 107 Å². The molecule has 0 bridgehead atoms. The van der Waals surface area contributed by atoms with Gasteiger partial charge in [0.05, 0.1) is 6.16 Å². The van der Waals surface area contributed by atoms with E-state index < -0.39 is 7.26 Å². The Hall–Kier alpha value is -1.41. The SMILES string of the molecule is CCCOC(CCCCCCCC[P+](c1ccc(C)cc1)(c1ccc(C)cc1)c1ccc(C)cc1)OCCC.Cl.Cl. The van der Waals surface area contributed by atoms with E-state index in [-0.39, 0.29) is 31.1 Å². The lowest BCUT2D eigenvalue weighted by atomic mass is 10.1. The number of hydrogen-bond acceptors (Lipinski definition) is 2. The third kappa shape index (κ3) is 11.7. The third-order valence-electron chi connectivity index (χ3n) is 7.62. The molecule has 5 heteroatoms. The van der Waals surface area contributed by atoms with Crippen LogP contribution in [0.4, 0.5) is 0 Å². The second-order valence-electron chi connectivity index (χ2n) is 11.1. The molecule has 0 heterocycles. The Labute approximate surface area is 264 Å². The number of unbranched alkanes of at least 4 members (excludes halogenated alkanes) is 5. The van der Waals surface area contributed by atoms with Gasteiger partial charge in [0, 0.05) is 13.2 Å². The fourth-order valence-corrected chi connectivity index (χ4v) is 9.65. The van der Waals surface area contributed by atoms with Gasteiger partial charge in [0.25, 0.3) is 0 Å². The summed E-state index contributed by atoms with van der Waals surface area (Å²) in [7, 11) is -1.74. The summed E-state index contributed by atoms with van der Waals surface area (Å²) in [4.78, 5) is 0. The molecule has 0 radical (unpaired) electrons. The van der Waals surface area contributed by atoms with Crippen molar-refractivity contribution >= 4 is 48.0 Å². The number of rotatable bonds is 18. The number of ether oxygens (including phenoxy) is 2. The molecule has 2 nitrogen and oxygen atoms in total. The number of benzene rings is 3. The number of aryl methyl sites for hydroxylation is 3. The van der Waals surface area contributed by atoms with Crippen molar-refractivity contribution < 1.29 is 9.47 Å². The van der Waals surface area contributed by atoms with Crippen molar-refractivity contribution in [1.29, 1.82) is 0 Å². The van der Waals surface area contributed by atoms with Crippen LogP contribution in [0.5, 0.6) is 0 Å². The van der Waals surface area contributed by atoms with Crippen LogP contribution in [-0.4, -0.2) is 25.7 Å². The molecule has 0 atom stereocenters. The van der Waals surface area contributed by atoms with Crippen LogP contribution in [0.25, 0.3) is 0 Å². The molecule has 0 aromatic heterocycles. The molecule has 41 heavy (non-hydrogen) atoms. The Morgan fingerprint density at radius 2 is 0.854 bits per heavy atom. The van der Waals surface area contributed by atoms with Gasteiger partial charge in [-0.15, -0.1) is 24.8 Å². The Kier molecular flexibility index (Phi) is 18.8. The molecule has 0 saturated heterocycles. The zero-order valence-corrected chi connectivity index (χ0v) is 28.6. The maximum atomic E-state index is 5.91. The van der Waals surface area contributed by atoms with E-state index in [0.717, 1.165) is 32.5 Å². The van der Waals surface area contributed by atoms with Gasteiger partial charge in [0.2, 0.25) is 0 Å². The van der Waals surface area contributed by atoms with Crippen molar-refractivity contribution in [3.63, 3.8) is 0 Å². The van der Waals surface area contributed by atoms with Gasteiger partial charge in [-0.1, -0.05) is 86.2 Å². The fraction of sp³-hybridized carbons (Fsp3) is 0.500. The molecule has 0 fully saturated rings. The first-order valence-electron chi connectivity index (χ1n) is 15.3. The van der Waals surface area contributed by atoms with Gasteiger partial charge in [0.1, 0.15) is 23.2 Å². The van der Waals surface area contributed by atoms with Gasteiger partial charge < -0.3 is 9.47 Å². The molecular weight excluding hydrogens is 566 g/mol. The van der Waals surface area contributed by atoms with Crippen molar-refractivity contribution in [3.05, 3.63) is 89.5 Å². The Bertz CT molecular complexity index is 949. The van der Waals surface area contributed by atoms with Gasteiger partial charge in [-0.25, -0.2) is 0 Å². The molecule has 228 valence electrons. The molecule has 3 aromatic carbocycles. The molecule has 0 aliphatic carbocycles. The first-order chi connectivity index (χ1) is 19.0. The van der Waals surface area contributed by atoms with E-state index in [0.29, 0.717) is 0 Å². The minimum absolute atomic E-state index is 0. The van der Waals surface area contributed by atoms with E-state index >= 15 is 0 Å². The summed E-state index contributed by atoms with van der Waals surface area (Å²) in [5, 5.41) is 4.52. The molecule has 0 unspecified atom stereocenters. The van der Waals surface area contributed by atoms with E-state index in [1.807, 2.05) is 0 Å². The Balaban J connectivity index is 0.00000420. The molecule has 0 amide bonds. The van der Waals surface area contributed by atoms with Crippen LogP contribution in [0, 0.1) is 20.8 Å². The second kappa shape index (κ2) is 20.5. The lowest BCUT2D eigenvalue weighted by Crippen LogP contribution is -2.33. The smallest absolute Gasteiger partial charge is 0.157 e. The number of hydrogen-bond donors (Lipinski definition) is 0. The minimum Gasteiger partial charge on any atom is -0.353 e. The molecule has 0 spiro atoms. The summed E-state index contributed by atoms with van der Waals surface area (Å²) in [6.45, 7) is 12.5. The predicted molar refractivity (Wildman–Crippen MR) is 187 cm³/mol. The van der Waals surface area contributed by atoms with Crippen molar-refractivity contribution in [2.75, 3.05) is 19.4 Å². The molecule has 0 saturated carbocycles. The van der Waals surface area contributed by atoms with Crippen molar-refractivity contribution in [2.45, 2.75) is 98.7 Å². The summed E-state index contributed by atoms with van der Waals surface area (Å²) in [6, 6.07) is 28.2. The van der Waals surface area contributed by atoms with Crippen molar-refractivity contribution in [1.82, 2.24) is 0 Å². The monoisotopic (exact) mass is 619 g/mol. The summed E-state index contributed by atoms with van der Waals surface area (Å²) in [5.41, 5.74) is 3.98. The highest BCUT2D eigenvalue weighted by atomic mass is 35.5. The van der Waals surface area contributed by atoms with Crippen LogP contribution in [-0.2, 0) is 9.47 Å². The van der Waals surface area contributed by atoms with Crippen LogP contribution < -0.4 is 15.9 Å². The summed E-state index contributed by atoms with van der Waals surface area (Å²) in [5.74, 6) is 0. The maximum Gasteiger partial charge on any atom is 0.157 e. The molecule has 0 N–H and O–H groups in total. The average molecular weight is 621 g/mol. The molecule has 0 aliphatic rings. The largest absolute Gasteiger partial charge is 0.353 e. The second-order valence-corrected chi connectivity index (χ2v) is 14.7. The first-order valence-corrected chi connectivity index (χ1v) is 17.3. The standard InChI is InChI=1S/C36H52O2P.2ClH/c1-6-27-37-36(38-28-7-2)14-12-10-8-9-11-13-29-39(33-21-15-30(3)16-22-33,34-23-17-31(4)18-24-34)35-25-19-32(5)20-26-35;;/h15-26,36H,6-14,27-29H2,1-5H3;2*1H/q+1;;.